The standard InChI is InChI=1S/C19H26N2O/c1-3-21(4-2)18-12-10-16(11-13-18)14-20-15-19(22)17-8-6-5-7-9-17/h5-13,19-20,22H,3-4,14-15H2,1-2H3/t19-/m1/s1. The van der Waals surface area contributed by atoms with Gasteiger partial charge in [-0.2, -0.15) is 0 Å². The van der Waals surface area contributed by atoms with Gasteiger partial charge in [0.25, 0.3) is 0 Å². The fourth-order valence-corrected chi connectivity index (χ4v) is 2.56. The zero-order valence-corrected chi connectivity index (χ0v) is 13.5. The van der Waals surface area contributed by atoms with Crippen LogP contribution in [0, 0.1) is 0 Å². The van der Waals surface area contributed by atoms with Gasteiger partial charge >= 0.3 is 0 Å². The lowest BCUT2D eigenvalue weighted by atomic mass is 10.1. The van der Waals surface area contributed by atoms with Gasteiger partial charge in [-0.25, -0.2) is 0 Å². The third kappa shape index (κ3) is 4.58. The number of aliphatic hydroxyl groups excluding tert-OH is 1. The van der Waals surface area contributed by atoms with Crippen LogP contribution < -0.4 is 10.2 Å². The molecule has 0 aliphatic rings. The van der Waals surface area contributed by atoms with Crippen molar-refractivity contribution in [3.8, 4) is 0 Å². The minimum atomic E-state index is -0.462. The minimum absolute atomic E-state index is 0.462. The summed E-state index contributed by atoms with van der Waals surface area (Å²) in [6.45, 7) is 7.72. The third-order valence-electron chi connectivity index (χ3n) is 3.92. The van der Waals surface area contributed by atoms with Crippen molar-refractivity contribution in [2.75, 3.05) is 24.5 Å². The van der Waals surface area contributed by atoms with Crippen LogP contribution >= 0.6 is 0 Å². The van der Waals surface area contributed by atoms with E-state index in [2.05, 4.69) is 48.3 Å². The van der Waals surface area contributed by atoms with Gasteiger partial charge in [-0.05, 0) is 37.1 Å². The number of rotatable bonds is 8. The quantitative estimate of drug-likeness (QED) is 0.784. The zero-order chi connectivity index (χ0) is 15.8. The van der Waals surface area contributed by atoms with Crippen molar-refractivity contribution in [1.29, 1.82) is 0 Å². The van der Waals surface area contributed by atoms with Crippen LogP contribution in [-0.4, -0.2) is 24.7 Å². The molecule has 3 nitrogen and oxygen atoms in total. The lowest BCUT2D eigenvalue weighted by molar-refractivity contribution is 0.174. The molecule has 0 amide bonds. The van der Waals surface area contributed by atoms with E-state index in [0.29, 0.717) is 6.54 Å². The molecule has 1 atom stereocenters. The lowest BCUT2D eigenvalue weighted by Gasteiger charge is -2.21. The van der Waals surface area contributed by atoms with Crippen LogP contribution in [0.3, 0.4) is 0 Å². The van der Waals surface area contributed by atoms with Gasteiger partial charge in [0.05, 0.1) is 6.10 Å². The van der Waals surface area contributed by atoms with Gasteiger partial charge in [0.15, 0.2) is 0 Å². The van der Waals surface area contributed by atoms with Crippen molar-refractivity contribution in [2.45, 2.75) is 26.5 Å². The molecule has 0 radical (unpaired) electrons. The zero-order valence-electron chi connectivity index (χ0n) is 13.5. The van der Waals surface area contributed by atoms with E-state index in [1.54, 1.807) is 0 Å². The summed E-state index contributed by atoms with van der Waals surface area (Å²) in [6, 6.07) is 18.4. The topological polar surface area (TPSA) is 35.5 Å². The van der Waals surface area contributed by atoms with Crippen LogP contribution in [0.15, 0.2) is 54.6 Å². The smallest absolute Gasteiger partial charge is 0.0914 e. The van der Waals surface area contributed by atoms with Crippen molar-refractivity contribution in [2.24, 2.45) is 0 Å². The number of hydrogen-bond acceptors (Lipinski definition) is 3. The van der Waals surface area contributed by atoms with E-state index in [1.807, 2.05) is 30.3 Å². The Morgan fingerprint density at radius 1 is 0.955 bits per heavy atom. The van der Waals surface area contributed by atoms with Crippen molar-refractivity contribution in [3.05, 3.63) is 65.7 Å². The third-order valence-corrected chi connectivity index (χ3v) is 3.92. The van der Waals surface area contributed by atoms with Crippen molar-refractivity contribution >= 4 is 5.69 Å². The van der Waals surface area contributed by atoms with Crippen molar-refractivity contribution in [1.82, 2.24) is 5.32 Å². The fourth-order valence-electron chi connectivity index (χ4n) is 2.56. The Balaban J connectivity index is 1.82. The second-order valence-electron chi connectivity index (χ2n) is 5.40. The predicted molar refractivity (Wildman–Crippen MR) is 93.1 cm³/mol. The molecule has 0 aliphatic heterocycles. The first kappa shape index (κ1) is 16.5. The molecule has 2 N–H and O–H groups in total. The Morgan fingerprint density at radius 3 is 2.18 bits per heavy atom. The monoisotopic (exact) mass is 298 g/mol. The predicted octanol–water partition coefficient (Wildman–Crippen LogP) is 3.36. The largest absolute Gasteiger partial charge is 0.387 e. The van der Waals surface area contributed by atoms with E-state index in [9.17, 15) is 5.11 Å². The van der Waals surface area contributed by atoms with Crippen molar-refractivity contribution < 1.29 is 5.11 Å². The summed E-state index contributed by atoms with van der Waals surface area (Å²) in [5, 5.41) is 13.4. The summed E-state index contributed by atoms with van der Waals surface area (Å²) in [7, 11) is 0. The first-order valence-corrected chi connectivity index (χ1v) is 8.02. The molecule has 0 saturated heterocycles. The van der Waals surface area contributed by atoms with E-state index >= 15 is 0 Å². The Bertz CT molecular complexity index is 535. The Kier molecular flexibility index (Phi) is 6.44. The SMILES string of the molecule is CCN(CC)c1ccc(CNC[C@@H](O)c2ccccc2)cc1. The van der Waals surface area contributed by atoms with Crippen LogP contribution in [-0.2, 0) is 6.54 Å². The lowest BCUT2D eigenvalue weighted by Crippen LogP contribution is -2.22. The van der Waals surface area contributed by atoms with Crippen LogP contribution in [0.5, 0.6) is 0 Å². The molecule has 0 aliphatic carbocycles. The molecule has 2 aromatic rings. The number of benzene rings is 2. The number of aliphatic hydroxyl groups is 1. The van der Waals surface area contributed by atoms with E-state index < -0.39 is 6.10 Å². The highest BCUT2D eigenvalue weighted by molar-refractivity contribution is 5.47. The summed E-state index contributed by atoms with van der Waals surface area (Å²) in [6.07, 6.45) is -0.462. The molecule has 0 saturated carbocycles. The molecule has 2 rings (SSSR count). The summed E-state index contributed by atoms with van der Waals surface area (Å²) in [5.74, 6) is 0. The number of anilines is 1. The number of hydrogen-bond donors (Lipinski definition) is 2. The molecule has 0 bridgehead atoms. The minimum Gasteiger partial charge on any atom is -0.387 e. The van der Waals surface area contributed by atoms with Crippen molar-refractivity contribution in [3.63, 3.8) is 0 Å². The van der Waals surface area contributed by atoms with Crippen LogP contribution in [0.25, 0.3) is 0 Å². The first-order valence-electron chi connectivity index (χ1n) is 8.02. The molecule has 0 unspecified atom stereocenters. The fraction of sp³-hybridized carbons (Fsp3) is 0.368. The molecule has 118 valence electrons. The van der Waals surface area contributed by atoms with Gasteiger partial charge in [-0.1, -0.05) is 42.5 Å². The van der Waals surface area contributed by atoms with Crippen LogP contribution in [0.2, 0.25) is 0 Å². The van der Waals surface area contributed by atoms with Crippen LogP contribution in [0.1, 0.15) is 31.1 Å². The normalized spacial score (nSPS) is 12.1. The van der Waals surface area contributed by atoms with Gasteiger partial charge in [-0.15, -0.1) is 0 Å². The van der Waals surface area contributed by atoms with Gasteiger partial charge in [0.1, 0.15) is 0 Å². The highest BCUT2D eigenvalue weighted by Gasteiger charge is 2.06. The highest BCUT2D eigenvalue weighted by atomic mass is 16.3. The maximum atomic E-state index is 10.1. The molecule has 0 aromatic heterocycles. The molecule has 0 spiro atoms. The average Bonchev–Trinajstić information content (AvgIpc) is 2.58. The first-order chi connectivity index (χ1) is 10.7. The summed E-state index contributed by atoms with van der Waals surface area (Å²) in [4.78, 5) is 2.33. The summed E-state index contributed by atoms with van der Waals surface area (Å²) < 4.78 is 0. The van der Waals surface area contributed by atoms with Gasteiger partial charge < -0.3 is 15.3 Å². The molecule has 22 heavy (non-hydrogen) atoms. The average molecular weight is 298 g/mol. The maximum absolute atomic E-state index is 10.1. The second kappa shape index (κ2) is 8.57. The molecule has 3 heteroatoms. The van der Waals surface area contributed by atoms with E-state index in [1.165, 1.54) is 11.3 Å². The van der Waals surface area contributed by atoms with Gasteiger partial charge in [0.2, 0.25) is 0 Å². The van der Waals surface area contributed by atoms with Crippen LogP contribution in [0.4, 0.5) is 5.69 Å². The van der Waals surface area contributed by atoms with Gasteiger partial charge in [-0.3, -0.25) is 0 Å². The second-order valence-corrected chi connectivity index (χ2v) is 5.40. The number of nitrogens with zero attached hydrogens (tertiary/aromatic N) is 1. The Labute approximate surface area is 133 Å². The van der Waals surface area contributed by atoms with Gasteiger partial charge in [0, 0.05) is 31.9 Å². The van der Waals surface area contributed by atoms with E-state index in [0.717, 1.165) is 25.2 Å². The highest BCUT2D eigenvalue weighted by Crippen LogP contribution is 2.15. The van der Waals surface area contributed by atoms with E-state index in [-0.39, 0.29) is 0 Å². The molecule has 0 fully saturated rings. The molecular weight excluding hydrogens is 272 g/mol. The summed E-state index contributed by atoms with van der Waals surface area (Å²) >= 11 is 0. The Morgan fingerprint density at radius 2 is 1.59 bits per heavy atom. The Hall–Kier alpha value is -1.84. The molecule has 0 heterocycles. The summed E-state index contributed by atoms with van der Waals surface area (Å²) in [5.41, 5.74) is 3.45. The molecule has 2 aromatic carbocycles. The van der Waals surface area contributed by atoms with E-state index in [4.69, 9.17) is 0 Å². The molecular formula is C19H26N2O. The number of nitrogens with one attached hydrogen (secondary N) is 1. The maximum Gasteiger partial charge on any atom is 0.0914 e.